The van der Waals surface area contributed by atoms with Crippen LogP contribution in [0.5, 0.6) is 0 Å². The van der Waals surface area contributed by atoms with Crippen molar-refractivity contribution in [3.8, 4) is 0 Å². The quantitative estimate of drug-likeness (QED) is 0.780. The minimum atomic E-state index is -0.571. The Morgan fingerprint density at radius 1 is 1.24 bits per heavy atom. The van der Waals surface area contributed by atoms with E-state index in [9.17, 15) is 4.79 Å². The Bertz CT molecular complexity index is 507. The number of nitrogens with zero attached hydrogens (tertiary/aromatic N) is 1. The lowest BCUT2D eigenvalue weighted by atomic mass is 10.3. The second kappa shape index (κ2) is 5.06. The Morgan fingerprint density at radius 2 is 1.94 bits per heavy atom. The first-order chi connectivity index (χ1) is 8.16. The van der Waals surface area contributed by atoms with Gasteiger partial charge in [-0.05, 0) is 35.9 Å². The third-order valence-corrected chi connectivity index (χ3v) is 2.63. The molecule has 1 aromatic carbocycles. The molecule has 0 spiro atoms. The molecule has 17 heavy (non-hydrogen) atoms. The van der Waals surface area contributed by atoms with Gasteiger partial charge in [0.05, 0.1) is 6.54 Å². The van der Waals surface area contributed by atoms with Crippen molar-refractivity contribution in [3.05, 3.63) is 54.0 Å². The maximum atomic E-state index is 10.9. The molecule has 0 saturated heterocycles. The van der Waals surface area contributed by atoms with E-state index in [0.29, 0.717) is 12.3 Å². The summed E-state index contributed by atoms with van der Waals surface area (Å²) >= 11 is 5.32. The van der Waals surface area contributed by atoms with E-state index >= 15 is 0 Å². The largest absolute Gasteiger partial charge is 0.455 e. The van der Waals surface area contributed by atoms with Crippen LogP contribution in [0.25, 0.3) is 0 Å². The Kier molecular flexibility index (Phi) is 3.49. The number of hydrogen-bond donors (Lipinski definition) is 0. The third kappa shape index (κ3) is 2.88. The summed E-state index contributed by atoms with van der Waals surface area (Å²) in [6, 6.07) is 13.3. The number of halogens is 1. The number of furan rings is 1. The highest BCUT2D eigenvalue weighted by Crippen LogP contribution is 2.17. The lowest BCUT2D eigenvalue weighted by Crippen LogP contribution is -2.15. The number of rotatable bonds is 4. The van der Waals surface area contributed by atoms with Crippen molar-refractivity contribution in [2.24, 2.45) is 0 Å². The number of anilines is 1. The monoisotopic (exact) mass is 249 g/mol. The summed E-state index contributed by atoms with van der Waals surface area (Å²) in [6.07, 6.45) is 0. The molecular weight excluding hydrogens is 238 g/mol. The van der Waals surface area contributed by atoms with Crippen LogP contribution in [0.1, 0.15) is 16.3 Å². The molecule has 0 fully saturated rings. The van der Waals surface area contributed by atoms with E-state index in [1.54, 1.807) is 12.1 Å². The van der Waals surface area contributed by atoms with Crippen LogP contribution in [-0.4, -0.2) is 12.3 Å². The maximum absolute atomic E-state index is 10.9. The Labute approximate surface area is 105 Å². The van der Waals surface area contributed by atoms with Crippen molar-refractivity contribution >= 4 is 22.5 Å². The predicted molar refractivity (Wildman–Crippen MR) is 67.4 cm³/mol. The van der Waals surface area contributed by atoms with Crippen molar-refractivity contribution < 1.29 is 9.21 Å². The zero-order valence-electron chi connectivity index (χ0n) is 9.39. The standard InChI is InChI=1S/C13H12ClNO2/c1-15(10-5-3-2-4-6-10)9-11-7-8-12(17-11)13(14)16/h2-8H,9H2,1H3. The molecule has 1 aromatic heterocycles. The van der Waals surface area contributed by atoms with Gasteiger partial charge in [-0.15, -0.1) is 0 Å². The Balaban J connectivity index is 2.08. The molecule has 0 amide bonds. The van der Waals surface area contributed by atoms with E-state index in [2.05, 4.69) is 0 Å². The van der Waals surface area contributed by atoms with Gasteiger partial charge in [-0.1, -0.05) is 18.2 Å². The molecule has 0 radical (unpaired) electrons. The van der Waals surface area contributed by atoms with Gasteiger partial charge in [-0.25, -0.2) is 0 Å². The molecule has 1 heterocycles. The fraction of sp³-hybridized carbons (Fsp3) is 0.154. The Hall–Kier alpha value is -1.74. The molecular formula is C13H12ClNO2. The van der Waals surface area contributed by atoms with Gasteiger partial charge in [0, 0.05) is 12.7 Å². The zero-order valence-corrected chi connectivity index (χ0v) is 10.1. The summed E-state index contributed by atoms with van der Waals surface area (Å²) in [5.74, 6) is 0.892. The van der Waals surface area contributed by atoms with Crippen molar-refractivity contribution in [1.29, 1.82) is 0 Å². The second-order valence-electron chi connectivity index (χ2n) is 3.73. The average molecular weight is 250 g/mol. The fourth-order valence-corrected chi connectivity index (χ4v) is 1.68. The summed E-state index contributed by atoms with van der Waals surface area (Å²) in [4.78, 5) is 12.9. The van der Waals surface area contributed by atoms with Gasteiger partial charge < -0.3 is 9.32 Å². The van der Waals surface area contributed by atoms with Crippen LogP contribution in [0.4, 0.5) is 5.69 Å². The normalized spacial score (nSPS) is 10.2. The van der Waals surface area contributed by atoms with Crippen LogP contribution >= 0.6 is 11.6 Å². The van der Waals surface area contributed by atoms with Crippen LogP contribution in [0.3, 0.4) is 0 Å². The van der Waals surface area contributed by atoms with E-state index in [4.69, 9.17) is 16.0 Å². The predicted octanol–water partition coefficient (Wildman–Crippen LogP) is 3.30. The third-order valence-electron chi connectivity index (χ3n) is 2.45. The summed E-state index contributed by atoms with van der Waals surface area (Å²) in [7, 11) is 1.96. The van der Waals surface area contributed by atoms with Gasteiger partial charge >= 0.3 is 0 Å². The van der Waals surface area contributed by atoms with Crippen molar-refractivity contribution in [2.45, 2.75) is 6.54 Å². The van der Waals surface area contributed by atoms with Gasteiger partial charge in [-0.3, -0.25) is 4.79 Å². The molecule has 2 rings (SSSR count). The highest BCUT2D eigenvalue weighted by molar-refractivity contribution is 6.67. The first kappa shape index (κ1) is 11.7. The molecule has 2 aromatic rings. The molecule has 0 aliphatic rings. The maximum Gasteiger partial charge on any atom is 0.287 e. The van der Waals surface area contributed by atoms with Crippen LogP contribution in [0, 0.1) is 0 Å². The Morgan fingerprint density at radius 3 is 2.53 bits per heavy atom. The average Bonchev–Trinajstić information content (AvgIpc) is 2.79. The van der Waals surface area contributed by atoms with Gasteiger partial charge in [0.25, 0.3) is 5.24 Å². The highest BCUT2D eigenvalue weighted by Gasteiger charge is 2.09. The van der Waals surface area contributed by atoms with Crippen LogP contribution < -0.4 is 4.90 Å². The molecule has 0 unspecified atom stereocenters. The first-order valence-corrected chi connectivity index (χ1v) is 5.59. The molecule has 0 aliphatic heterocycles. The smallest absolute Gasteiger partial charge is 0.287 e. The van der Waals surface area contributed by atoms with Gasteiger partial charge in [-0.2, -0.15) is 0 Å². The fourth-order valence-electron chi connectivity index (χ4n) is 1.58. The lowest BCUT2D eigenvalue weighted by molar-refractivity contribution is 0.105. The number of para-hydroxylation sites is 1. The molecule has 3 nitrogen and oxygen atoms in total. The molecule has 4 heteroatoms. The van der Waals surface area contributed by atoms with E-state index in [0.717, 1.165) is 5.69 Å². The SMILES string of the molecule is CN(Cc1ccc(C(=O)Cl)o1)c1ccccc1. The zero-order chi connectivity index (χ0) is 12.3. The van der Waals surface area contributed by atoms with E-state index < -0.39 is 5.24 Å². The summed E-state index contributed by atoms with van der Waals surface area (Å²) in [5.41, 5.74) is 1.09. The second-order valence-corrected chi connectivity index (χ2v) is 4.07. The number of hydrogen-bond acceptors (Lipinski definition) is 3. The molecule has 0 aliphatic carbocycles. The summed E-state index contributed by atoms with van der Waals surface area (Å²) in [5, 5.41) is -0.571. The molecule has 0 bridgehead atoms. The number of carbonyl (C=O) groups is 1. The van der Waals surface area contributed by atoms with Crippen LogP contribution in [0.2, 0.25) is 0 Å². The summed E-state index contributed by atoms with van der Waals surface area (Å²) < 4.78 is 5.31. The van der Waals surface area contributed by atoms with E-state index in [-0.39, 0.29) is 5.76 Å². The number of carbonyl (C=O) groups excluding carboxylic acids is 1. The molecule has 0 saturated carbocycles. The van der Waals surface area contributed by atoms with E-state index in [1.165, 1.54) is 0 Å². The van der Waals surface area contributed by atoms with Gasteiger partial charge in [0.15, 0.2) is 5.76 Å². The minimum Gasteiger partial charge on any atom is -0.455 e. The van der Waals surface area contributed by atoms with Crippen molar-refractivity contribution in [1.82, 2.24) is 0 Å². The molecule has 88 valence electrons. The van der Waals surface area contributed by atoms with Gasteiger partial charge in [0.1, 0.15) is 5.76 Å². The van der Waals surface area contributed by atoms with Crippen LogP contribution in [0.15, 0.2) is 46.9 Å². The van der Waals surface area contributed by atoms with Gasteiger partial charge in [0.2, 0.25) is 0 Å². The van der Waals surface area contributed by atoms with Crippen molar-refractivity contribution in [2.75, 3.05) is 11.9 Å². The van der Waals surface area contributed by atoms with Crippen LogP contribution in [-0.2, 0) is 6.54 Å². The van der Waals surface area contributed by atoms with Crippen molar-refractivity contribution in [3.63, 3.8) is 0 Å². The lowest BCUT2D eigenvalue weighted by Gasteiger charge is -2.17. The highest BCUT2D eigenvalue weighted by atomic mass is 35.5. The summed E-state index contributed by atoms with van der Waals surface area (Å²) in [6.45, 7) is 0.591. The molecule has 0 N–H and O–H groups in total. The molecule has 0 atom stereocenters. The minimum absolute atomic E-state index is 0.183. The number of benzene rings is 1. The first-order valence-electron chi connectivity index (χ1n) is 5.21. The topological polar surface area (TPSA) is 33.5 Å². The van der Waals surface area contributed by atoms with E-state index in [1.807, 2.05) is 42.3 Å².